The third-order valence-corrected chi connectivity index (χ3v) is 5.10. The highest BCUT2D eigenvalue weighted by Crippen LogP contribution is 2.40. The zero-order chi connectivity index (χ0) is 19.6. The van der Waals surface area contributed by atoms with Crippen molar-refractivity contribution in [1.82, 2.24) is 0 Å². The molecular weight excluding hydrogens is 355 g/mol. The van der Waals surface area contributed by atoms with E-state index in [1.165, 1.54) is 6.07 Å². The van der Waals surface area contributed by atoms with Crippen molar-refractivity contribution < 1.29 is 22.7 Å². The van der Waals surface area contributed by atoms with Crippen LogP contribution in [0.5, 0.6) is 5.75 Å². The minimum absolute atomic E-state index is 0.142. The van der Waals surface area contributed by atoms with Gasteiger partial charge in [-0.3, -0.25) is 4.79 Å². The number of amides is 1. The molecule has 144 valence electrons. The molecule has 0 saturated heterocycles. The van der Waals surface area contributed by atoms with E-state index in [-0.39, 0.29) is 17.7 Å². The Hall–Kier alpha value is -2.50. The molecular formula is C21H22F3NO2. The van der Waals surface area contributed by atoms with Gasteiger partial charge in [0.15, 0.2) is 0 Å². The second-order valence-corrected chi connectivity index (χ2v) is 6.84. The number of carbonyl (C=O) groups excluding carboxylic acids is 1. The number of carbonyl (C=O) groups is 1. The smallest absolute Gasteiger partial charge is 0.416 e. The first-order chi connectivity index (χ1) is 12.8. The molecule has 6 heteroatoms. The summed E-state index contributed by atoms with van der Waals surface area (Å²) in [6, 6.07) is 10.9. The van der Waals surface area contributed by atoms with E-state index in [2.05, 4.69) is 5.32 Å². The van der Waals surface area contributed by atoms with E-state index in [9.17, 15) is 18.0 Å². The van der Waals surface area contributed by atoms with Gasteiger partial charge < -0.3 is 10.1 Å². The molecule has 2 atom stereocenters. The lowest BCUT2D eigenvalue weighted by molar-refractivity contribution is -0.137. The molecule has 0 saturated carbocycles. The summed E-state index contributed by atoms with van der Waals surface area (Å²) in [6.45, 7) is 2.00. The van der Waals surface area contributed by atoms with Crippen molar-refractivity contribution >= 4 is 11.6 Å². The first-order valence-corrected chi connectivity index (χ1v) is 8.98. The lowest BCUT2D eigenvalue weighted by atomic mass is 9.79. The van der Waals surface area contributed by atoms with Crippen LogP contribution in [0, 0.1) is 5.92 Å². The maximum Gasteiger partial charge on any atom is 0.416 e. The van der Waals surface area contributed by atoms with Crippen LogP contribution < -0.4 is 10.1 Å². The van der Waals surface area contributed by atoms with Crippen LogP contribution in [0.15, 0.2) is 42.5 Å². The number of ether oxygens (including phenoxy) is 1. The van der Waals surface area contributed by atoms with E-state index in [0.29, 0.717) is 29.8 Å². The summed E-state index contributed by atoms with van der Waals surface area (Å²) in [5.74, 6) is 0.0607. The Morgan fingerprint density at radius 1 is 1.15 bits per heavy atom. The summed E-state index contributed by atoms with van der Waals surface area (Å²) in [6.07, 6.45) is -2.56. The second-order valence-electron chi connectivity index (χ2n) is 6.84. The molecule has 0 spiro atoms. The van der Waals surface area contributed by atoms with E-state index >= 15 is 0 Å². The summed E-state index contributed by atoms with van der Waals surface area (Å²) in [4.78, 5) is 12.8. The van der Waals surface area contributed by atoms with E-state index in [1.54, 1.807) is 7.11 Å². The molecule has 0 bridgehead atoms. The molecule has 2 aromatic carbocycles. The molecule has 1 heterocycles. The van der Waals surface area contributed by atoms with Crippen LogP contribution in [-0.4, -0.2) is 13.0 Å². The Balaban J connectivity index is 2.04. The van der Waals surface area contributed by atoms with Gasteiger partial charge in [0, 0.05) is 11.6 Å². The van der Waals surface area contributed by atoms with Crippen LogP contribution in [0.4, 0.5) is 18.9 Å². The zero-order valence-corrected chi connectivity index (χ0v) is 15.3. The maximum absolute atomic E-state index is 13.1. The number of hydrogen-bond acceptors (Lipinski definition) is 2. The number of methoxy groups -OCH3 is 1. The Morgan fingerprint density at radius 2 is 1.85 bits per heavy atom. The van der Waals surface area contributed by atoms with Crippen molar-refractivity contribution in [3.63, 3.8) is 0 Å². The summed E-state index contributed by atoms with van der Waals surface area (Å²) in [7, 11) is 1.57. The van der Waals surface area contributed by atoms with Gasteiger partial charge in [-0.1, -0.05) is 25.5 Å². The highest BCUT2D eigenvalue weighted by atomic mass is 19.4. The van der Waals surface area contributed by atoms with Gasteiger partial charge in [-0.25, -0.2) is 0 Å². The number of hydrogen-bond donors (Lipinski definition) is 1. The topological polar surface area (TPSA) is 38.3 Å². The molecule has 0 radical (unpaired) electrons. The lowest BCUT2D eigenvalue weighted by Gasteiger charge is -2.24. The summed E-state index contributed by atoms with van der Waals surface area (Å²) in [5.41, 5.74) is 1.20. The van der Waals surface area contributed by atoms with Crippen LogP contribution in [-0.2, 0) is 17.4 Å². The predicted octanol–water partition coefficient (Wildman–Crippen LogP) is 5.41. The predicted molar refractivity (Wildman–Crippen MR) is 97.9 cm³/mol. The number of anilines is 1. The highest BCUT2D eigenvalue weighted by Gasteiger charge is 2.35. The van der Waals surface area contributed by atoms with Gasteiger partial charge in [0.25, 0.3) is 0 Å². The van der Waals surface area contributed by atoms with Crippen LogP contribution in [0.2, 0.25) is 0 Å². The largest absolute Gasteiger partial charge is 0.497 e. The average Bonchev–Trinajstić information content (AvgIpc) is 2.77. The van der Waals surface area contributed by atoms with Crippen LogP contribution >= 0.6 is 0 Å². The van der Waals surface area contributed by atoms with Gasteiger partial charge in [0.2, 0.25) is 5.91 Å². The van der Waals surface area contributed by atoms with Crippen molar-refractivity contribution in [1.29, 1.82) is 0 Å². The second kappa shape index (κ2) is 7.62. The quantitative estimate of drug-likeness (QED) is 0.774. The number of nitrogens with one attached hydrogen (secondary N) is 1. The molecule has 1 N–H and O–H groups in total. The number of fused-ring (bicyclic) bond motifs is 1. The van der Waals surface area contributed by atoms with Gasteiger partial charge in [0.05, 0.1) is 12.7 Å². The van der Waals surface area contributed by atoms with Crippen molar-refractivity contribution in [3.05, 3.63) is 59.2 Å². The normalized spacial score (nSPS) is 19.8. The SMILES string of the molecule is CCCC1C(=O)Nc2ccc(C(F)(F)F)cc2CC1c1ccc(OC)cc1. The summed E-state index contributed by atoms with van der Waals surface area (Å²) < 4.78 is 44.6. The molecule has 0 aromatic heterocycles. The number of rotatable bonds is 4. The van der Waals surface area contributed by atoms with Crippen LogP contribution in [0.1, 0.15) is 42.4 Å². The maximum atomic E-state index is 13.1. The van der Waals surface area contributed by atoms with Crippen molar-refractivity contribution in [2.24, 2.45) is 5.92 Å². The molecule has 1 amide bonds. The molecule has 1 aliphatic rings. The minimum atomic E-state index is -4.41. The van der Waals surface area contributed by atoms with E-state index < -0.39 is 11.7 Å². The summed E-state index contributed by atoms with van der Waals surface area (Å²) in [5, 5.41) is 2.83. The van der Waals surface area contributed by atoms with Gasteiger partial charge >= 0.3 is 6.18 Å². The molecule has 0 fully saturated rings. The van der Waals surface area contributed by atoms with E-state index in [1.807, 2.05) is 31.2 Å². The number of halogens is 3. The van der Waals surface area contributed by atoms with Crippen molar-refractivity contribution in [3.8, 4) is 5.75 Å². The molecule has 3 nitrogen and oxygen atoms in total. The molecule has 27 heavy (non-hydrogen) atoms. The fourth-order valence-corrected chi connectivity index (χ4v) is 3.69. The first kappa shape index (κ1) is 19.3. The average molecular weight is 377 g/mol. The molecule has 3 rings (SSSR count). The zero-order valence-electron chi connectivity index (χ0n) is 15.3. The van der Waals surface area contributed by atoms with Gasteiger partial charge in [-0.15, -0.1) is 0 Å². The monoisotopic (exact) mass is 377 g/mol. The Bertz CT molecular complexity index is 815. The third kappa shape index (κ3) is 4.10. The fraction of sp³-hybridized carbons (Fsp3) is 0.381. The summed E-state index contributed by atoms with van der Waals surface area (Å²) >= 11 is 0. The van der Waals surface area contributed by atoms with Crippen molar-refractivity contribution in [2.45, 2.75) is 38.3 Å². The molecule has 2 unspecified atom stereocenters. The Morgan fingerprint density at radius 3 is 2.44 bits per heavy atom. The first-order valence-electron chi connectivity index (χ1n) is 8.98. The highest BCUT2D eigenvalue weighted by molar-refractivity contribution is 5.95. The fourth-order valence-electron chi connectivity index (χ4n) is 3.69. The molecule has 0 aliphatic carbocycles. The van der Waals surface area contributed by atoms with Gasteiger partial charge in [0.1, 0.15) is 5.75 Å². The standard InChI is InChI=1S/C21H22F3NO2/c1-3-4-17-18(13-5-8-16(27-2)9-6-13)12-14-11-15(21(22,23)24)7-10-19(14)25-20(17)26/h5-11,17-18H,3-4,12H2,1-2H3,(H,25,26). The molecule has 1 aliphatic heterocycles. The van der Waals surface area contributed by atoms with Gasteiger partial charge in [-0.2, -0.15) is 13.2 Å². The van der Waals surface area contributed by atoms with E-state index in [0.717, 1.165) is 24.1 Å². The third-order valence-electron chi connectivity index (χ3n) is 5.10. The number of alkyl halides is 3. The minimum Gasteiger partial charge on any atom is -0.497 e. The van der Waals surface area contributed by atoms with Gasteiger partial charge in [-0.05, 0) is 60.2 Å². The van der Waals surface area contributed by atoms with Crippen LogP contribution in [0.3, 0.4) is 0 Å². The Kier molecular flexibility index (Phi) is 5.44. The van der Waals surface area contributed by atoms with Crippen LogP contribution in [0.25, 0.3) is 0 Å². The Labute approximate surface area is 156 Å². The number of benzene rings is 2. The van der Waals surface area contributed by atoms with Crippen molar-refractivity contribution in [2.75, 3.05) is 12.4 Å². The molecule has 2 aromatic rings. The lowest BCUT2D eigenvalue weighted by Crippen LogP contribution is -2.26. The van der Waals surface area contributed by atoms with E-state index in [4.69, 9.17) is 4.74 Å².